The number of carbonyl (C=O) groups excluding carboxylic acids is 1. The second-order valence-electron chi connectivity index (χ2n) is 7.14. The van der Waals surface area contributed by atoms with Gasteiger partial charge in [0.2, 0.25) is 5.91 Å². The number of aryl methyl sites for hydroxylation is 1. The summed E-state index contributed by atoms with van der Waals surface area (Å²) in [4.78, 5) is 12.4. The van der Waals surface area contributed by atoms with Crippen molar-refractivity contribution in [3.05, 3.63) is 96.1 Å². The van der Waals surface area contributed by atoms with E-state index in [0.29, 0.717) is 17.4 Å². The maximum atomic E-state index is 13.3. The lowest BCUT2D eigenvalue weighted by atomic mass is 10.2. The van der Waals surface area contributed by atoms with Gasteiger partial charge in [-0.1, -0.05) is 53.7 Å². The summed E-state index contributed by atoms with van der Waals surface area (Å²) < 4.78 is 15.3. The number of hydrogen-bond acceptors (Lipinski definition) is 5. The van der Waals surface area contributed by atoms with E-state index in [-0.39, 0.29) is 11.7 Å². The van der Waals surface area contributed by atoms with Crippen LogP contribution in [0.3, 0.4) is 0 Å². The highest BCUT2D eigenvalue weighted by atomic mass is 32.2. The van der Waals surface area contributed by atoms with E-state index in [1.807, 2.05) is 66.1 Å². The minimum atomic E-state index is -0.398. The summed E-state index contributed by atoms with van der Waals surface area (Å²) in [7, 11) is 0. The maximum Gasteiger partial charge on any atom is 0.234 e. The number of nitrogens with zero attached hydrogens (tertiary/aromatic N) is 3. The quantitative estimate of drug-likeness (QED) is 0.370. The number of nitrogens with one attached hydrogen (secondary N) is 2. The van der Waals surface area contributed by atoms with Crippen molar-refractivity contribution in [2.45, 2.75) is 18.6 Å². The maximum absolute atomic E-state index is 13.3. The molecule has 0 spiro atoms. The minimum Gasteiger partial charge on any atom is -0.378 e. The van der Waals surface area contributed by atoms with Crippen molar-refractivity contribution in [1.82, 2.24) is 14.8 Å². The third kappa shape index (κ3) is 5.53. The van der Waals surface area contributed by atoms with Crippen LogP contribution in [0.2, 0.25) is 0 Å². The lowest BCUT2D eigenvalue weighted by molar-refractivity contribution is -0.113. The molecule has 32 heavy (non-hydrogen) atoms. The zero-order chi connectivity index (χ0) is 22.3. The van der Waals surface area contributed by atoms with Crippen molar-refractivity contribution in [2.75, 3.05) is 16.4 Å². The molecule has 0 fully saturated rings. The van der Waals surface area contributed by atoms with Gasteiger partial charge in [0.15, 0.2) is 11.0 Å². The van der Waals surface area contributed by atoms with Gasteiger partial charge in [0.05, 0.1) is 12.3 Å². The van der Waals surface area contributed by atoms with Crippen LogP contribution in [0, 0.1) is 12.7 Å². The fourth-order valence-electron chi connectivity index (χ4n) is 3.09. The summed E-state index contributed by atoms with van der Waals surface area (Å²) in [5.41, 5.74) is 3.51. The summed E-state index contributed by atoms with van der Waals surface area (Å²) >= 11 is 1.27. The Balaban J connectivity index is 1.48. The lowest BCUT2D eigenvalue weighted by Crippen LogP contribution is -2.15. The molecular formula is C24H22FN5OS. The van der Waals surface area contributed by atoms with Crippen LogP contribution in [-0.2, 0) is 11.3 Å². The van der Waals surface area contributed by atoms with Crippen LogP contribution >= 0.6 is 11.8 Å². The van der Waals surface area contributed by atoms with Crippen LogP contribution in [0.4, 0.5) is 15.8 Å². The first kappa shape index (κ1) is 21.6. The van der Waals surface area contributed by atoms with Crippen LogP contribution in [0.1, 0.15) is 11.4 Å². The zero-order valence-electron chi connectivity index (χ0n) is 17.5. The Kier molecular flexibility index (Phi) is 6.81. The van der Waals surface area contributed by atoms with Gasteiger partial charge in [-0.2, -0.15) is 0 Å². The number of benzene rings is 3. The van der Waals surface area contributed by atoms with Gasteiger partial charge in [-0.3, -0.25) is 9.36 Å². The number of para-hydroxylation sites is 1. The summed E-state index contributed by atoms with van der Waals surface area (Å²) in [5.74, 6) is 0.199. The minimum absolute atomic E-state index is 0.118. The Morgan fingerprint density at radius 2 is 1.75 bits per heavy atom. The number of aromatic nitrogens is 3. The van der Waals surface area contributed by atoms with Gasteiger partial charge in [0, 0.05) is 17.1 Å². The summed E-state index contributed by atoms with van der Waals surface area (Å²) in [6.07, 6.45) is 0. The molecule has 8 heteroatoms. The molecule has 0 aliphatic carbocycles. The molecule has 2 N–H and O–H groups in total. The van der Waals surface area contributed by atoms with Crippen LogP contribution in [0.15, 0.2) is 84.0 Å². The highest BCUT2D eigenvalue weighted by Crippen LogP contribution is 2.23. The summed E-state index contributed by atoms with van der Waals surface area (Å²) in [6, 6.07) is 23.7. The largest absolute Gasteiger partial charge is 0.378 e. The van der Waals surface area contributed by atoms with E-state index in [0.717, 1.165) is 17.2 Å². The van der Waals surface area contributed by atoms with Crippen LogP contribution in [0.25, 0.3) is 5.69 Å². The van der Waals surface area contributed by atoms with Crippen molar-refractivity contribution in [3.8, 4) is 5.69 Å². The highest BCUT2D eigenvalue weighted by Gasteiger charge is 2.16. The Bertz CT molecular complexity index is 1190. The molecule has 1 heterocycles. The predicted octanol–water partition coefficient (Wildman–Crippen LogP) is 5.06. The van der Waals surface area contributed by atoms with Crippen molar-refractivity contribution >= 4 is 29.0 Å². The molecule has 0 aliphatic rings. The van der Waals surface area contributed by atoms with E-state index in [1.165, 1.54) is 29.5 Å². The van der Waals surface area contributed by atoms with Gasteiger partial charge in [-0.15, -0.1) is 10.2 Å². The third-order valence-electron chi connectivity index (χ3n) is 4.66. The molecule has 0 radical (unpaired) electrons. The van der Waals surface area contributed by atoms with Gasteiger partial charge >= 0.3 is 0 Å². The molecule has 0 atom stereocenters. The Hall–Kier alpha value is -3.65. The lowest BCUT2D eigenvalue weighted by Gasteiger charge is -2.11. The van der Waals surface area contributed by atoms with Crippen molar-refractivity contribution in [3.63, 3.8) is 0 Å². The molecule has 6 nitrogen and oxygen atoms in total. The van der Waals surface area contributed by atoms with Crippen molar-refractivity contribution in [2.24, 2.45) is 0 Å². The monoisotopic (exact) mass is 447 g/mol. The molecule has 0 aliphatic heterocycles. The van der Waals surface area contributed by atoms with E-state index >= 15 is 0 Å². The van der Waals surface area contributed by atoms with Gasteiger partial charge in [0.1, 0.15) is 5.82 Å². The van der Waals surface area contributed by atoms with Gasteiger partial charge < -0.3 is 10.6 Å². The highest BCUT2D eigenvalue weighted by molar-refractivity contribution is 7.99. The van der Waals surface area contributed by atoms with Gasteiger partial charge in [0.25, 0.3) is 0 Å². The first-order valence-electron chi connectivity index (χ1n) is 10.1. The van der Waals surface area contributed by atoms with Crippen molar-refractivity contribution < 1.29 is 9.18 Å². The van der Waals surface area contributed by atoms with E-state index in [9.17, 15) is 9.18 Å². The molecule has 0 saturated carbocycles. The van der Waals surface area contributed by atoms with E-state index in [1.54, 1.807) is 12.1 Å². The standard InChI is InChI=1S/C24H22FN5OS/c1-17-10-12-19(13-11-17)26-15-22-28-29-24(30(22)21-8-3-2-4-9-21)32-16-23(31)27-20-7-5-6-18(25)14-20/h2-14,26H,15-16H2,1H3,(H,27,31). The van der Waals surface area contributed by atoms with E-state index in [4.69, 9.17) is 0 Å². The second kappa shape index (κ2) is 10.1. The molecule has 1 aromatic heterocycles. The van der Waals surface area contributed by atoms with E-state index in [2.05, 4.69) is 20.8 Å². The molecular weight excluding hydrogens is 425 g/mol. The molecule has 1 amide bonds. The van der Waals surface area contributed by atoms with Gasteiger partial charge in [-0.25, -0.2) is 4.39 Å². The number of carbonyl (C=O) groups is 1. The summed E-state index contributed by atoms with van der Waals surface area (Å²) in [5, 5.41) is 15.3. The predicted molar refractivity (Wildman–Crippen MR) is 126 cm³/mol. The number of halogens is 1. The molecule has 162 valence electrons. The normalized spacial score (nSPS) is 10.7. The first-order chi connectivity index (χ1) is 15.6. The Labute approximate surface area is 189 Å². The molecule has 4 aromatic rings. The smallest absolute Gasteiger partial charge is 0.234 e. The molecule has 0 unspecified atom stereocenters. The number of anilines is 2. The average molecular weight is 448 g/mol. The zero-order valence-corrected chi connectivity index (χ0v) is 18.3. The van der Waals surface area contributed by atoms with Gasteiger partial charge in [-0.05, 0) is 49.4 Å². The Morgan fingerprint density at radius 3 is 2.50 bits per heavy atom. The second-order valence-corrected chi connectivity index (χ2v) is 8.08. The van der Waals surface area contributed by atoms with Crippen LogP contribution in [0.5, 0.6) is 0 Å². The summed E-state index contributed by atoms with van der Waals surface area (Å²) in [6.45, 7) is 2.52. The van der Waals surface area contributed by atoms with Crippen LogP contribution < -0.4 is 10.6 Å². The fourth-order valence-corrected chi connectivity index (χ4v) is 3.86. The topological polar surface area (TPSA) is 71.8 Å². The number of rotatable bonds is 8. The molecule has 3 aromatic carbocycles. The van der Waals surface area contributed by atoms with E-state index < -0.39 is 5.82 Å². The number of amides is 1. The molecule has 0 bridgehead atoms. The number of thioether (sulfide) groups is 1. The SMILES string of the molecule is Cc1ccc(NCc2nnc(SCC(=O)Nc3cccc(F)c3)n2-c2ccccc2)cc1. The molecule has 4 rings (SSSR count). The van der Waals surface area contributed by atoms with Crippen molar-refractivity contribution in [1.29, 1.82) is 0 Å². The third-order valence-corrected chi connectivity index (χ3v) is 5.59. The molecule has 0 saturated heterocycles. The van der Waals surface area contributed by atoms with Crippen LogP contribution in [-0.4, -0.2) is 26.4 Å². The first-order valence-corrected chi connectivity index (χ1v) is 11.1. The fraction of sp³-hybridized carbons (Fsp3) is 0.125. The average Bonchev–Trinajstić information content (AvgIpc) is 3.21. The number of hydrogen-bond donors (Lipinski definition) is 2. The Morgan fingerprint density at radius 1 is 0.969 bits per heavy atom.